The van der Waals surface area contributed by atoms with E-state index in [-0.39, 0.29) is 23.1 Å². The molecule has 0 amide bonds. The van der Waals surface area contributed by atoms with E-state index in [0.717, 1.165) is 0 Å². The Hall–Kier alpha value is -1.66. The lowest BCUT2D eigenvalue weighted by Crippen LogP contribution is -1.99. The first-order valence-electron chi connectivity index (χ1n) is 5.48. The second-order valence-electron chi connectivity index (χ2n) is 3.87. The molecule has 104 valence electrons. The normalized spacial score (nSPS) is 10.3. The predicted octanol–water partition coefficient (Wildman–Crippen LogP) is 4.73. The molecule has 0 aliphatic heterocycles. The summed E-state index contributed by atoms with van der Waals surface area (Å²) >= 11 is 9.02. The average molecular weight is 361 g/mol. The molecule has 0 saturated carbocycles. The highest BCUT2D eigenvalue weighted by atomic mass is 79.9. The van der Waals surface area contributed by atoms with Gasteiger partial charge in [-0.2, -0.15) is 0 Å². The van der Waals surface area contributed by atoms with Gasteiger partial charge in [-0.15, -0.1) is 0 Å². The molecular weight excluding hydrogens is 353 g/mol. The monoisotopic (exact) mass is 359 g/mol. The molecular formula is C13H8BrClFNO3. The van der Waals surface area contributed by atoms with Crippen molar-refractivity contribution in [2.24, 2.45) is 0 Å². The van der Waals surface area contributed by atoms with Crippen molar-refractivity contribution in [1.82, 2.24) is 0 Å². The molecule has 7 heteroatoms. The van der Waals surface area contributed by atoms with Crippen molar-refractivity contribution in [3.05, 3.63) is 67.4 Å². The maximum Gasteiger partial charge on any atom is 0.273 e. The molecule has 0 fully saturated rings. The Morgan fingerprint density at radius 1 is 1.35 bits per heavy atom. The predicted molar refractivity (Wildman–Crippen MR) is 76.5 cm³/mol. The lowest BCUT2D eigenvalue weighted by Gasteiger charge is -2.09. The Labute approximate surface area is 127 Å². The average Bonchev–Trinajstić information content (AvgIpc) is 2.41. The molecule has 0 bridgehead atoms. The molecule has 0 radical (unpaired) electrons. The lowest BCUT2D eigenvalue weighted by atomic mass is 10.2. The quantitative estimate of drug-likeness (QED) is 0.585. The minimum Gasteiger partial charge on any atom is -0.487 e. The number of ether oxygens (including phenoxy) is 1. The van der Waals surface area contributed by atoms with E-state index in [1.165, 1.54) is 24.3 Å². The summed E-state index contributed by atoms with van der Waals surface area (Å²) in [6, 6.07) is 8.44. The van der Waals surface area contributed by atoms with Crippen LogP contribution in [0.15, 0.2) is 40.9 Å². The summed E-state index contributed by atoms with van der Waals surface area (Å²) in [6.07, 6.45) is 0. The van der Waals surface area contributed by atoms with E-state index in [1.54, 1.807) is 12.1 Å². The molecule has 4 nitrogen and oxygen atoms in total. The fourth-order valence-corrected chi connectivity index (χ4v) is 2.08. The van der Waals surface area contributed by atoms with Gasteiger partial charge in [0.05, 0.1) is 20.5 Å². The molecule has 0 N–H and O–H groups in total. The SMILES string of the molecule is O=[N+]([O-])c1ccc(Cl)c(OCc2cccc(F)c2Br)c1. The van der Waals surface area contributed by atoms with Gasteiger partial charge in [0.15, 0.2) is 0 Å². The van der Waals surface area contributed by atoms with Crippen LogP contribution in [0, 0.1) is 15.9 Å². The van der Waals surface area contributed by atoms with Crippen LogP contribution in [0.1, 0.15) is 5.56 Å². The maximum absolute atomic E-state index is 13.3. The standard InChI is InChI=1S/C13H8BrClFNO3/c14-13-8(2-1-3-11(13)16)7-20-12-6-9(17(18)19)4-5-10(12)15/h1-6H,7H2. The highest BCUT2D eigenvalue weighted by molar-refractivity contribution is 9.10. The molecule has 0 unspecified atom stereocenters. The number of nitro benzene ring substituents is 1. The van der Waals surface area contributed by atoms with Crippen molar-refractivity contribution < 1.29 is 14.1 Å². The van der Waals surface area contributed by atoms with Crippen molar-refractivity contribution in [2.45, 2.75) is 6.61 Å². The van der Waals surface area contributed by atoms with Gasteiger partial charge in [-0.25, -0.2) is 4.39 Å². The van der Waals surface area contributed by atoms with Crippen LogP contribution in [-0.4, -0.2) is 4.92 Å². The lowest BCUT2D eigenvalue weighted by molar-refractivity contribution is -0.384. The largest absolute Gasteiger partial charge is 0.487 e. The van der Waals surface area contributed by atoms with Crippen LogP contribution in [0.5, 0.6) is 5.75 Å². The third-order valence-corrected chi connectivity index (χ3v) is 3.74. The van der Waals surface area contributed by atoms with Crippen LogP contribution in [0.2, 0.25) is 5.02 Å². The second-order valence-corrected chi connectivity index (χ2v) is 5.07. The van der Waals surface area contributed by atoms with Gasteiger partial charge in [-0.05, 0) is 28.1 Å². The van der Waals surface area contributed by atoms with Gasteiger partial charge in [0.2, 0.25) is 0 Å². The molecule has 0 aliphatic rings. The number of halogens is 3. The van der Waals surface area contributed by atoms with Crippen LogP contribution in [-0.2, 0) is 6.61 Å². The Morgan fingerprint density at radius 2 is 2.10 bits per heavy atom. The van der Waals surface area contributed by atoms with E-state index in [1.807, 2.05) is 0 Å². The zero-order valence-corrected chi connectivity index (χ0v) is 12.3. The summed E-state index contributed by atoms with van der Waals surface area (Å²) in [5.74, 6) is -0.228. The van der Waals surface area contributed by atoms with Crippen LogP contribution in [0.25, 0.3) is 0 Å². The molecule has 2 aromatic rings. The summed E-state index contributed by atoms with van der Waals surface area (Å²) in [4.78, 5) is 10.1. The Balaban J connectivity index is 2.20. The van der Waals surface area contributed by atoms with Crippen LogP contribution >= 0.6 is 27.5 Å². The highest BCUT2D eigenvalue weighted by Gasteiger charge is 2.12. The molecule has 20 heavy (non-hydrogen) atoms. The van der Waals surface area contributed by atoms with Gasteiger partial charge < -0.3 is 4.74 Å². The summed E-state index contributed by atoms with van der Waals surface area (Å²) in [7, 11) is 0. The highest BCUT2D eigenvalue weighted by Crippen LogP contribution is 2.30. The fourth-order valence-electron chi connectivity index (χ4n) is 1.53. The number of rotatable bonds is 4. The first-order chi connectivity index (χ1) is 9.49. The molecule has 2 rings (SSSR count). The van der Waals surface area contributed by atoms with Gasteiger partial charge in [0, 0.05) is 11.6 Å². The molecule has 0 saturated heterocycles. The zero-order valence-electron chi connectivity index (χ0n) is 9.98. The van der Waals surface area contributed by atoms with Crippen molar-refractivity contribution in [1.29, 1.82) is 0 Å². The van der Waals surface area contributed by atoms with E-state index in [4.69, 9.17) is 16.3 Å². The van der Waals surface area contributed by atoms with E-state index < -0.39 is 10.7 Å². The Morgan fingerprint density at radius 3 is 2.80 bits per heavy atom. The van der Waals surface area contributed by atoms with Crippen molar-refractivity contribution in [3.8, 4) is 5.75 Å². The summed E-state index contributed by atoms with van der Waals surface area (Å²) < 4.78 is 19.0. The molecule has 0 spiro atoms. The van der Waals surface area contributed by atoms with Gasteiger partial charge in [0.25, 0.3) is 5.69 Å². The summed E-state index contributed by atoms with van der Waals surface area (Å²) in [5, 5.41) is 10.9. The number of non-ortho nitro benzene ring substituents is 1. The van der Waals surface area contributed by atoms with Crippen molar-refractivity contribution in [3.63, 3.8) is 0 Å². The van der Waals surface area contributed by atoms with Gasteiger partial charge >= 0.3 is 0 Å². The maximum atomic E-state index is 13.3. The van der Waals surface area contributed by atoms with Gasteiger partial charge in [0.1, 0.15) is 18.2 Å². The van der Waals surface area contributed by atoms with E-state index in [9.17, 15) is 14.5 Å². The third-order valence-electron chi connectivity index (χ3n) is 2.54. The number of nitrogens with zero attached hydrogens (tertiary/aromatic N) is 1. The molecule has 0 aliphatic carbocycles. The van der Waals surface area contributed by atoms with Gasteiger partial charge in [-0.3, -0.25) is 10.1 Å². The van der Waals surface area contributed by atoms with E-state index in [2.05, 4.69) is 15.9 Å². The third kappa shape index (κ3) is 3.26. The molecule has 2 aromatic carbocycles. The van der Waals surface area contributed by atoms with Gasteiger partial charge in [-0.1, -0.05) is 23.7 Å². The molecule has 0 heterocycles. The zero-order chi connectivity index (χ0) is 14.7. The van der Waals surface area contributed by atoms with Crippen molar-refractivity contribution >= 4 is 33.2 Å². The fraction of sp³-hybridized carbons (Fsp3) is 0.0769. The number of hydrogen-bond donors (Lipinski definition) is 0. The number of hydrogen-bond acceptors (Lipinski definition) is 3. The number of nitro groups is 1. The summed E-state index contributed by atoms with van der Waals surface area (Å²) in [6.45, 7) is 0.0409. The van der Waals surface area contributed by atoms with Crippen LogP contribution < -0.4 is 4.74 Å². The second kappa shape index (κ2) is 6.19. The van der Waals surface area contributed by atoms with E-state index in [0.29, 0.717) is 10.0 Å². The first-order valence-corrected chi connectivity index (χ1v) is 6.66. The van der Waals surface area contributed by atoms with Crippen molar-refractivity contribution in [2.75, 3.05) is 0 Å². The Bertz CT molecular complexity index is 666. The number of benzene rings is 2. The Kier molecular flexibility index (Phi) is 4.57. The minimum atomic E-state index is -0.540. The first kappa shape index (κ1) is 14.7. The molecule has 0 atom stereocenters. The topological polar surface area (TPSA) is 52.4 Å². The van der Waals surface area contributed by atoms with Crippen LogP contribution in [0.4, 0.5) is 10.1 Å². The van der Waals surface area contributed by atoms with E-state index >= 15 is 0 Å². The smallest absolute Gasteiger partial charge is 0.273 e. The molecule has 0 aromatic heterocycles. The van der Waals surface area contributed by atoms with Crippen LogP contribution in [0.3, 0.4) is 0 Å². The summed E-state index contributed by atoms with van der Waals surface area (Å²) in [5.41, 5.74) is 0.454. The minimum absolute atomic E-state index is 0.0409.